The van der Waals surface area contributed by atoms with Gasteiger partial charge in [0.05, 0.1) is 11.0 Å². The summed E-state index contributed by atoms with van der Waals surface area (Å²) in [6.07, 6.45) is -0.219. The molecule has 0 radical (unpaired) electrons. The Bertz CT molecular complexity index is 443. The molecular weight excluding hydrogens is 245 g/mol. The Hall–Kier alpha value is -1.39. The van der Waals surface area contributed by atoms with Gasteiger partial charge in [0, 0.05) is 18.8 Å². The van der Waals surface area contributed by atoms with Gasteiger partial charge in [-0.15, -0.1) is 0 Å². The molecule has 7 heteroatoms. The van der Waals surface area contributed by atoms with Crippen LogP contribution in [0.25, 0.3) is 0 Å². The summed E-state index contributed by atoms with van der Waals surface area (Å²) in [6.45, 7) is 4.85. The maximum absolute atomic E-state index is 11.8. The second-order valence-corrected chi connectivity index (χ2v) is 5.70. The van der Waals surface area contributed by atoms with E-state index in [1.807, 2.05) is 0 Å². The zero-order valence-electron chi connectivity index (χ0n) is 9.82. The molecule has 0 aromatic heterocycles. The molecule has 0 spiro atoms. The van der Waals surface area contributed by atoms with Crippen molar-refractivity contribution in [2.75, 3.05) is 6.66 Å². The van der Waals surface area contributed by atoms with E-state index in [1.165, 1.54) is 30.9 Å². The van der Waals surface area contributed by atoms with E-state index in [0.29, 0.717) is 0 Å². The lowest BCUT2D eigenvalue weighted by atomic mass is 10.3. The first kappa shape index (κ1) is 13.7. The van der Waals surface area contributed by atoms with Crippen molar-refractivity contribution in [1.29, 1.82) is 0 Å². The standard InChI is InChI=1S/C10H14NO5P/c1-8(2)15-17(3,14)16-10-6-4-9(5-7-10)11(12)13/h4-8H,1-3H3/t17-/m0/s1. The molecule has 0 fully saturated rings. The van der Waals surface area contributed by atoms with Gasteiger partial charge < -0.3 is 4.52 Å². The summed E-state index contributed by atoms with van der Waals surface area (Å²) in [7, 11) is -3.18. The Balaban J connectivity index is 2.75. The molecule has 1 atom stereocenters. The molecule has 1 aromatic carbocycles. The zero-order valence-corrected chi connectivity index (χ0v) is 10.7. The van der Waals surface area contributed by atoms with Crippen LogP contribution in [-0.4, -0.2) is 17.7 Å². The highest BCUT2D eigenvalue weighted by Crippen LogP contribution is 2.45. The summed E-state index contributed by atoms with van der Waals surface area (Å²) in [5, 5.41) is 10.4. The van der Waals surface area contributed by atoms with Crippen LogP contribution in [0.5, 0.6) is 5.75 Å². The molecule has 0 aliphatic carbocycles. The third-order valence-electron chi connectivity index (χ3n) is 1.72. The normalized spacial score (nSPS) is 14.4. The second kappa shape index (κ2) is 5.29. The highest BCUT2D eigenvalue weighted by atomic mass is 31.2. The molecule has 0 N–H and O–H groups in total. The Morgan fingerprint density at radius 1 is 1.29 bits per heavy atom. The molecule has 0 aliphatic heterocycles. The lowest BCUT2D eigenvalue weighted by molar-refractivity contribution is -0.384. The molecule has 94 valence electrons. The number of benzene rings is 1. The Morgan fingerprint density at radius 2 is 1.82 bits per heavy atom. The van der Waals surface area contributed by atoms with E-state index in [2.05, 4.69) is 0 Å². The van der Waals surface area contributed by atoms with Crippen LogP contribution in [0.15, 0.2) is 24.3 Å². The van der Waals surface area contributed by atoms with Gasteiger partial charge in [0.1, 0.15) is 5.75 Å². The van der Waals surface area contributed by atoms with Gasteiger partial charge in [-0.05, 0) is 26.0 Å². The van der Waals surface area contributed by atoms with Crippen LogP contribution in [0.3, 0.4) is 0 Å². The summed E-state index contributed by atoms with van der Waals surface area (Å²) in [4.78, 5) is 9.91. The highest BCUT2D eigenvalue weighted by molar-refractivity contribution is 7.53. The smallest absolute Gasteiger partial charge is 0.376 e. The van der Waals surface area contributed by atoms with E-state index in [4.69, 9.17) is 9.05 Å². The van der Waals surface area contributed by atoms with E-state index in [9.17, 15) is 14.7 Å². The van der Waals surface area contributed by atoms with Gasteiger partial charge in [-0.1, -0.05) is 0 Å². The number of nitrogens with zero attached hydrogens (tertiary/aromatic N) is 1. The zero-order chi connectivity index (χ0) is 13.1. The van der Waals surface area contributed by atoms with Crippen LogP contribution in [0.1, 0.15) is 13.8 Å². The van der Waals surface area contributed by atoms with Crippen LogP contribution in [0.2, 0.25) is 0 Å². The lowest BCUT2D eigenvalue weighted by Crippen LogP contribution is -2.03. The molecule has 0 amide bonds. The fraction of sp³-hybridized carbons (Fsp3) is 0.400. The quantitative estimate of drug-likeness (QED) is 0.460. The van der Waals surface area contributed by atoms with Crippen molar-refractivity contribution in [3.63, 3.8) is 0 Å². The first-order chi connectivity index (χ1) is 7.80. The fourth-order valence-electron chi connectivity index (χ4n) is 1.22. The fourth-order valence-corrected chi connectivity index (χ4v) is 2.54. The molecule has 17 heavy (non-hydrogen) atoms. The van der Waals surface area contributed by atoms with E-state index in [1.54, 1.807) is 13.8 Å². The molecule has 1 aromatic rings. The Morgan fingerprint density at radius 3 is 2.24 bits per heavy atom. The summed E-state index contributed by atoms with van der Waals surface area (Å²) in [5.41, 5.74) is -0.0481. The predicted molar refractivity (Wildman–Crippen MR) is 63.5 cm³/mol. The molecule has 0 bridgehead atoms. The van der Waals surface area contributed by atoms with E-state index < -0.39 is 12.5 Å². The SMILES string of the molecule is CC(C)O[P@](C)(=O)Oc1ccc([N+](=O)[O-])cc1. The monoisotopic (exact) mass is 259 g/mol. The van der Waals surface area contributed by atoms with Gasteiger partial charge in [-0.2, -0.15) is 0 Å². The van der Waals surface area contributed by atoms with Crippen molar-refractivity contribution < 1.29 is 18.5 Å². The van der Waals surface area contributed by atoms with Crippen molar-refractivity contribution in [3.8, 4) is 5.75 Å². The molecule has 6 nitrogen and oxygen atoms in total. The Kier molecular flexibility index (Phi) is 4.26. The number of non-ortho nitro benzene ring substituents is 1. The average molecular weight is 259 g/mol. The van der Waals surface area contributed by atoms with Crippen LogP contribution >= 0.6 is 7.60 Å². The van der Waals surface area contributed by atoms with Crippen molar-refractivity contribution in [3.05, 3.63) is 34.4 Å². The largest absolute Gasteiger partial charge is 0.425 e. The van der Waals surface area contributed by atoms with Gasteiger partial charge in [0.2, 0.25) is 0 Å². The van der Waals surface area contributed by atoms with Crippen molar-refractivity contribution in [1.82, 2.24) is 0 Å². The number of nitro benzene ring substituents is 1. The molecule has 0 saturated carbocycles. The summed E-state index contributed by atoms with van der Waals surface area (Å²) in [5.74, 6) is 0.280. The van der Waals surface area contributed by atoms with E-state index in [-0.39, 0.29) is 17.5 Å². The number of nitro groups is 1. The molecule has 0 aliphatic rings. The lowest BCUT2D eigenvalue weighted by Gasteiger charge is -2.17. The van der Waals surface area contributed by atoms with Crippen molar-refractivity contribution in [2.45, 2.75) is 20.0 Å². The molecule has 1 rings (SSSR count). The van der Waals surface area contributed by atoms with E-state index >= 15 is 0 Å². The van der Waals surface area contributed by atoms with Gasteiger partial charge in [-0.25, -0.2) is 4.57 Å². The first-order valence-electron chi connectivity index (χ1n) is 5.00. The first-order valence-corrected chi connectivity index (χ1v) is 6.99. The Labute approximate surface area is 99.2 Å². The van der Waals surface area contributed by atoms with E-state index in [0.717, 1.165) is 0 Å². The molecule has 0 unspecified atom stereocenters. The van der Waals surface area contributed by atoms with Crippen LogP contribution in [0, 0.1) is 10.1 Å². The average Bonchev–Trinajstić information content (AvgIpc) is 2.15. The second-order valence-electron chi connectivity index (χ2n) is 3.77. The third-order valence-corrected chi connectivity index (χ3v) is 3.07. The van der Waals surface area contributed by atoms with Crippen LogP contribution in [-0.2, 0) is 9.09 Å². The minimum Gasteiger partial charge on any atom is -0.425 e. The summed E-state index contributed by atoms with van der Waals surface area (Å²) < 4.78 is 22.1. The van der Waals surface area contributed by atoms with Gasteiger partial charge in [0.15, 0.2) is 0 Å². The molecular formula is C10H14NO5P. The van der Waals surface area contributed by atoms with Crippen LogP contribution in [0.4, 0.5) is 5.69 Å². The number of rotatable bonds is 5. The maximum atomic E-state index is 11.8. The van der Waals surface area contributed by atoms with Crippen molar-refractivity contribution in [2.24, 2.45) is 0 Å². The third kappa shape index (κ3) is 4.54. The molecule has 0 heterocycles. The van der Waals surface area contributed by atoms with Gasteiger partial charge in [0.25, 0.3) is 5.69 Å². The number of hydrogen-bond acceptors (Lipinski definition) is 5. The van der Waals surface area contributed by atoms with Crippen molar-refractivity contribution >= 4 is 13.3 Å². The summed E-state index contributed by atoms with van der Waals surface area (Å²) >= 11 is 0. The maximum Gasteiger partial charge on any atom is 0.376 e. The highest BCUT2D eigenvalue weighted by Gasteiger charge is 2.20. The van der Waals surface area contributed by atoms with Crippen LogP contribution < -0.4 is 4.52 Å². The predicted octanol–water partition coefficient (Wildman–Crippen LogP) is 3.22. The minimum absolute atomic E-state index is 0.0481. The van der Waals surface area contributed by atoms with Gasteiger partial charge in [-0.3, -0.25) is 14.6 Å². The summed E-state index contributed by atoms with van der Waals surface area (Å²) in [6, 6.07) is 5.34. The topological polar surface area (TPSA) is 78.7 Å². The van der Waals surface area contributed by atoms with Gasteiger partial charge >= 0.3 is 7.60 Å². The molecule has 0 saturated heterocycles. The number of hydrogen-bond donors (Lipinski definition) is 0. The minimum atomic E-state index is -3.18.